The van der Waals surface area contributed by atoms with Crippen LogP contribution in [0.25, 0.3) is 0 Å². The predicted molar refractivity (Wildman–Crippen MR) is 119 cm³/mol. The maximum atomic E-state index is 5.95. The first-order valence-electron chi connectivity index (χ1n) is 10.0. The lowest BCUT2D eigenvalue weighted by molar-refractivity contribution is 0.00988. The maximum Gasteiger partial charge on any atom is 0.193 e. The van der Waals surface area contributed by atoms with Crippen molar-refractivity contribution in [1.29, 1.82) is 0 Å². The molecule has 2 aliphatic rings. The van der Waals surface area contributed by atoms with Crippen LogP contribution in [-0.2, 0) is 9.47 Å². The summed E-state index contributed by atoms with van der Waals surface area (Å²) in [7, 11) is 3.63. The van der Waals surface area contributed by atoms with Crippen molar-refractivity contribution >= 4 is 29.9 Å². The average molecular weight is 482 g/mol. The first kappa shape index (κ1) is 23.9. The van der Waals surface area contributed by atoms with Crippen molar-refractivity contribution in [2.24, 2.45) is 4.99 Å². The third kappa shape index (κ3) is 8.27. The Kier molecular flexibility index (Phi) is 12.8. The van der Waals surface area contributed by atoms with E-state index in [4.69, 9.17) is 9.47 Å². The fraction of sp³-hybridized carbons (Fsp3) is 0.947. The van der Waals surface area contributed by atoms with Gasteiger partial charge in [-0.15, -0.1) is 24.0 Å². The Labute approximate surface area is 177 Å². The maximum absolute atomic E-state index is 5.95. The molecule has 0 radical (unpaired) electrons. The molecule has 1 N–H and O–H groups in total. The molecular formula is C19H39IN4O2. The molecule has 6 nitrogen and oxygen atoms in total. The van der Waals surface area contributed by atoms with Crippen molar-refractivity contribution in [1.82, 2.24) is 15.1 Å². The standard InChI is InChI=1S/C19H38N4O2.HI/c1-17-7-4-5-11-22(17)14-10-21-19(20-2)23-12-8-18(9-13-23)25-16-6-15-24-3;/h17-18H,4-16H2,1-3H3,(H,20,21);1H. The number of guanidine groups is 1. The van der Waals surface area contributed by atoms with Gasteiger partial charge in [0.2, 0.25) is 0 Å². The highest BCUT2D eigenvalue weighted by molar-refractivity contribution is 14.0. The molecule has 0 spiro atoms. The molecule has 0 saturated carbocycles. The van der Waals surface area contributed by atoms with E-state index in [0.29, 0.717) is 6.10 Å². The van der Waals surface area contributed by atoms with E-state index in [1.165, 1.54) is 25.8 Å². The van der Waals surface area contributed by atoms with Gasteiger partial charge in [0, 0.05) is 59.6 Å². The predicted octanol–water partition coefficient (Wildman–Crippen LogP) is 2.57. The topological polar surface area (TPSA) is 49.3 Å². The number of halogens is 1. The van der Waals surface area contributed by atoms with Gasteiger partial charge in [0.05, 0.1) is 6.10 Å². The Morgan fingerprint density at radius 1 is 1.12 bits per heavy atom. The summed E-state index contributed by atoms with van der Waals surface area (Å²) >= 11 is 0. The molecule has 0 amide bonds. The Morgan fingerprint density at radius 2 is 1.88 bits per heavy atom. The first-order valence-corrected chi connectivity index (χ1v) is 10.0. The summed E-state index contributed by atoms with van der Waals surface area (Å²) in [5.41, 5.74) is 0. The summed E-state index contributed by atoms with van der Waals surface area (Å²) < 4.78 is 11.0. The highest BCUT2D eigenvalue weighted by Gasteiger charge is 2.22. The number of piperidine rings is 2. The van der Waals surface area contributed by atoms with Crippen LogP contribution in [0.5, 0.6) is 0 Å². The van der Waals surface area contributed by atoms with E-state index in [0.717, 1.165) is 70.7 Å². The van der Waals surface area contributed by atoms with E-state index < -0.39 is 0 Å². The minimum absolute atomic E-state index is 0. The molecule has 0 aromatic carbocycles. The van der Waals surface area contributed by atoms with Crippen molar-refractivity contribution in [3.8, 4) is 0 Å². The fourth-order valence-electron chi connectivity index (χ4n) is 3.82. The van der Waals surface area contributed by atoms with Crippen LogP contribution in [0.2, 0.25) is 0 Å². The van der Waals surface area contributed by atoms with Gasteiger partial charge in [-0.25, -0.2) is 0 Å². The van der Waals surface area contributed by atoms with E-state index in [1.807, 2.05) is 7.05 Å². The van der Waals surface area contributed by atoms with Crippen LogP contribution in [0.4, 0.5) is 0 Å². The highest BCUT2D eigenvalue weighted by atomic mass is 127. The van der Waals surface area contributed by atoms with Gasteiger partial charge in [0.25, 0.3) is 0 Å². The second kappa shape index (κ2) is 14.0. The number of nitrogens with one attached hydrogen (secondary N) is 1. The molecule has 0 aliphatic carbocycles. The summed E-state index contributed by atoms with van der Waals surface area (Å²) in [5.74, 6) is 1.04. The summed E-state index contributed by atoms with van der Waals surface area (Å²) in [4.78, 5) is 9.45. The highest BCUT2D eigenvalue weighted by Crippen LogP contribution is 2.16. The van der Waals surface area contributed by atoms with Crippen LogP contribution in [0.1, 0.15) is 45.4 Å². The van der Waals surface area contributed by atoms with Crippen molar-refractivity contribution in [3.63, 3.8) is 0 Å². The van der Waals surface area contributed by atoms with Crippen LogP contribution in [0, 0.1) is 0 Å². The second-order valence-corrected chi connectivity index (χ2v) is 7.26. The summed E-state index contributed by atoms with van der Waals surface area (Å²) in [6.07, 6.45) is 7.60. The molecule has 2 fully saturated rings. The van der Waals surface area contributed by atoms with Crippen LogP contribution in [0.3, 0.4) is 0 Å². The van der Waals surface area contributed by atoms with Crippen LogP contribution in [0.15, 0.2) is 4.99 Å². The lowest BCUT2D eigenvalue weighted by atomic mass is 10.0. The molecule has 154 valence electrons. The molecule has 2 aliphatic heterocycles. The Morgan fingerprint density at radius 3 is 2.54 bits per heavy atom. The third-order valence-corrected chi connectivity index (χ3v) is 5.42. The molecule has 0 aromatic rings. The Balaban J connectivity index is 0.00000338. The molecule has 0 bridgehead atoms. The first-order chi connectivity index (χ1) is 12.2. The summed E-state index contributed by atoms with van der Waals surface area (Å²) in [5, 5.41) is 3.56. The molecule has 0 aromatic heterocycles. The van der Waals surface area contributed by atoms with Gasteiger partial charge in [-0.1, -0.05) is 6.42 Å². The fourth-order valence-corrected chi connectivity index (χ4v) is 3.82. The molecule has 26 heavy (non-hydrogen) atoms. The van der Waals surface area contributed by atoms with E-state index >= 15 is 0 Å². The minimum atomic E-state index is 0. The largest absolute Gasteiger partial charge is 0.385 e. The molecule has 1 atom stereocenters. The van der Waals surface area contributed by atoms with Crippen LogP contribution < -0.4 is 5.32 Å². The van der Waals surface area contributed by atoms with Crippen molar-refractivity contribution < 1.29 is 9.47 Å². The SMILES string of the molecule is CN=C(NCCN1CCCCC1C)N1CCC(OCCCOC)CC1.I. The second-order valence-electron chi connectivity index (χ2n) is 7.26. The average Bonchev–Trinajstić information content (AvgIpc) is 2.64. The molecule has 2 saturated heterocycles. The Hall–Kier alpha value is -0.120. The zero-order valence-electron chi connectivity index (χ0n) is 16.9. The number of hydrogen-bond acceptors (Lipinski definition) is 4. The summed E-state index contributed by atoms with van der Waals surface area (Å²) in [6.45, 7) is 9.32. The monoisotopic (exact) mass is 482 g/mol. The number of ether oxygens (including phenoxy) is 2. The van der Waals surface area contributed by atoms with Gasteiger partial charge >= 0.3 is 0 Å². The molecule has 2 heterocycles. The van der Waals surface area contributed by atoms with Crippen LogP contribution >= 0.6 is 24.0 Å². The van der Waals surface area contributed by atoms with Crippen molar-refractivity contribution in [2.75, 3.05) is 60.1 Å². The van der Waals surface area contributed by atoms with E-state index in [1.54, 1.807) is 7.11 Å². The zero-order valence-corrected chi connectivity index (χ0v) is 19.2. The van der Waals surface area contributed by atoms with Gasteiger partial charge in [-0.3, -0.25) is 9.89 Å². The normalized spacial score (nSPS) is 23.0. The molecule has 2 rings (SSSR count). The number of hydrogen-bond donors (Lipinski definition) is 1. The number of aliphatic imine (C=N–C) groups is 1. The van der Waals surface area contributed by atoms with Crippen molar-refractivity contribution in [2.45, 2.75) is 57.6 Å². The number of methoxy groups -OCH3 is 1. The number of likely N-dealkylation sites (tertiary alicyclic amines) is 2. The summed E-state index contributed by atoms with van der Waals surface area (Å²) in [6, 6.07) is 0.726. The Bertz CT molecular complexity index is 390. The van der Waals surface area contributed by atoms with E-state index in [-0.39, 0.29) is 24.0 Å². The third-order valence-electron chi connectivity index (χ3n) is 5.42. The number of rotatable bonds is 8. The van der Waals surface area contributed by atoms with Gasteiger partial charge in [0.15, 0.2) is 5.96 Å². The smallest absolute Gasteiger partial charge is 0.193 e. The van der Waals surface area contributed by atoms with Crippen LogP contribution in [-0.4, -0.2) is 88.0 Å². The van der Waals surface area contributed by atoms with Gasteiger partial charge in [-0.05, 0) is 45.6 Å². The zero-order chi connectivity index (χ0) is 17.9. The van der Waals surface area contributed by atoms with E-state index in [9.17, 15) is 0 Å². The van der Waals surface area contributed by atoms with Crippen molar-refractivity contribution in [3.05, 3.63) is 0 Å². The molecular weight excluding hydrogens is 443 g/mol. The van der Waals surface area contributed by atoms with Gasteiger partial charge in [-0.2, -0.15) is 0 Å². The lowest BCUT2D eigenvalue weighted by Crippen LogP contribution is -2.49. The molecule has 7 heteroatoms. The lowest BCUT2D eigenvalue weighted by Gasteiger charge is -2.36. The number of nitrogens with zero attached hydrogens (tertiary/aromatic N) is 3. The minimum Gasteiger partial charge on any atom is -0.385 e. The van der Waals surface area contributed by atoms with Gasteiger partial charge < -0.3 is 19.7 Å². The van der Waals surface area contributed by atoms with E-state index in [2.05, 4.69) is 27.0 Å². The molecule has 1 unspecified atom stereocenters. The van der Waals surface area contributed by atoms with Gasteiger partial charge in [0.1, 0.15) is 0 Å². The quantitative estimate of drug-likeness (QED) is 0.250.